The fourth-order valence-electron chi connectivity index (χ4n) is 1.69. The molecule has 2 N–H and O–H groups in total. The summed E-state index contributed by atoms with van der Waals surface area (Å²) in [5.41, 5.74) is 5.31. The summed E-state index contributed by atoms with van der Waals surface area (Å²) in [5.74, 6) is 0.707. The van der Waals surface area contributed by atoms with Gasteiger partial charge < -0.3 is 15.4 Å². The van der Waals surface area contributed by atoms with Crippen LogP contribution in [0.3, 0.4) is 0 Å². The molecular weight excluding hydrogens is 192 g/mol. The van der Waals surface area contributed by atoms with Crippen LogP contribution in [0.4, 0.5) is 0 Å². The van der Waals surface area contributed by atoms with Gasteiger partial charge in [-0.1, -0.05) is 13.8 Å². The quantitative estimate of drug-likeness (QED) is 0.729. The average molecular weight is 214 g/mol. The first-order valence-electron chi connectivity index (χ1n) is 5.73. The van der Waals surface area contributed by atoms with Gasteiger partial charge in [-0.05, 0) is 18.8 Å². The number of likely N-dealkylation sites (tertiary alicyclic amines) is 1. The smallest absolute Gasteiger partial charge is 0.236 e. The van der Waals surface area contributed by atoms with Crippen LogP contribution in [0.25, 0.3) is 0 Å². The molecule has 88 valence electrons. The number of hydrogen-bond acceptors (Lipinski definition) is 3. The summed E-state index contributed by atoms with van der Waals surface area (Å²) in [6, 6.07) is 0. The molecular formula is C11H22N2O2. The minimum absolute atomic E-state index is 0.0324. The van der Waals surface area contributed by atoms with E-state index >= 15 is 0 Å². The number of nitrogens with zero attached hydrogens (tertiary/aromatic N) is 1. The molecule has 0 spiro atoms. The zero-order valence-corrected chi connectivity index (χ0v) is 9.74. The molecule has 4 heteroatoms. The molecule has 4 nitrogen and oxygen atoms in total. The highest BCUT2D eigenvalue weighted by Crippen LogP contribution is 2.13. The summed E-state index contributed by atoms with van der Waals surface area (Å²) >= 11 is 0. The molecule has 1 unspecified atom stereocenters. The Kier molecular flexibility index (Phi) is 5.05. The van der Waals surface area contributed by atoms with Crippen molar-refractivity contribution in [3.8, 4) is 0 Å². The third-order valence-electron chi connectivity index (χ3n) is 2.72. The van der Waals surface area contributed by atoms with Crippen LogP contribution in [0, 0.1) is 5.92 Å². The van der Waals surface area contributed by atoms with Crippen LogP contribution in [0.2, 0.25) is 0 Å². The van der Waals surface area contributed by atoms with E-state index in [2.05, 4.69) is 13.8 Å². The minimum Gasteiger partial charge on any atom is -0.376 e. The second kappa shape index (κ2) is 6.08. The summed E-state index contributed by atoms with van der Waals surface area (Å²) in [6.07, 6.45) is 2.25. The van der Waals surface area contributed by atoms with E-state index in [4.69, 9.17) is 10.5 Å². The molecule has 1 atom stereocenters. The van der Waals surface area contributed by atoms with Crippen molar-refractivity contribution in [3.63, 3.8) is 0 Å². The van der Waals surface area contributed by atoms with Crippen LogP contribution < -0.4 is 5.73 Å². The monoisotopic (exact) mass is 214 g/mol. The minimum atomic E-state index is 0.0324. The first-order valence-corrected chi connectivity index (χ1v) is 5.73. The zero-order valence-electron chi connectivity index (χ0n) is 9.74. The van der Waals surface area contributed by atoms with E-state index < -0.39 is 0 Å². The number of amides is 1. The molecule has 1 fully saturated rings. The Labute approximate surface area is 91.8 Å². The summed E-state index contributed by atoms with van der Waals surface area (Å²) in [5, 5.41) is 0. The molecule has 1 amide bonds. The van der Waals surface area contributed by atoms with Gasteiger partial charge in [0.1, 0.15) is 0 Å². The number of carbonyl (C=O) groups excluding carboxylic acids is 1. The predicted molar refractivity (Wildman–Crippen MR) is 59.4 cm³/mol. The lowest BCUT2D eigenvalue weighted by atomic mass is 10.1. The van der Waals surface area contributed by atoms with Crippen LogP contribution in [-0.2, 0) is 9.53 Å². The average Bonchev–Trinajstić information content (AvgIpc) is 2.65. The lowest BCUT2D eigenvalue weighted by Gasteiger charge is -2.16. The van der Waals surface area contributed by atoms with Gasteiger partial charge in [0.25, 0.3) is 0 Å². The van der Waals surface area contributed by atoms with Gasteiger partial charge in [0.15, 0.2) is 0 Å². The van der Waals surface area contributed by atoms with Crippen molar-refractivity contribution in [1.29, 1.82) is 0 Å². The number of rotatable bonds is 5. The highest BCUT2D eigenvalue weighted by molar-refractivity contribution is 5.78. The third kappa shape index (κ3) is 4.18. The van der Waals surface area contributed by atoms with Crippen molar-refractivity contribution in [2.24, 2.45) is 11.7 Å². The predicted octanol–water partition coefficient (Wildman–Crippen LogP) is 0.609. The van der Waals surface area contributed by atoms with E-state index in [1.807, 2.05) is 0 Å². The molecule has 0 radical (unpaired) electrons. The van der Waals surface area contributed by atoms with Gasteiger partial charge in [-0.25, -0.2) is 0 Å². The number of carbonyl (C=O) groups is 1. The first kappa shape index (κ1) is 12.5. The van der Waals surface area contributed by atoms with E-state index in [9.17, 15) is 4.79 Å². The van der Waals surface area contributed by atoms with Gasteiger partial charge >= 0.3 is 0 Å². The molecule has 0 aromatic heterocycles. The standard InChI is InChI=1S/C11H22N2O2/c1-9(2)4-6-15-10-3-5-13(8-10)11(14)7-12/h9-10H,3-8,12H2,1-2H3. The molecule has 1 rings (SSSR count). The molecule has 1 aliphatic heterocycles. The first-order chi connectivity index (χ1) is 7.13. The maximum Gasteiger partial charge on any atom is 0.236 e. The van der Waals surface area contributed by atoms with Crippen LogP contribution in [0.1, 0.15) is 26.7 Å². The highest BCUT2D eigenvalue weighted by Gasteiger charge is 2.25. The summed E-state index contributed by atoms with van der Waals surface area (Å²) in [7, 11) is 0. The topological polar surface area (TPSA) is 55.6 Å². The van der Waals surface area contributed by atoms with Crippen LogP contribution in [0.5, 0.6) is 0 Å². The number of hydrogen-bond donors (Lipinski definition) is 1. The molecule has 0 aliphatic carbocycles. The van der Waals surface area contributed by atoms with E-state index in [0.29, 0.717) is 12.5 Å². The van der Waals surface area contributed by atoms with Gasteiger partial charge in [-0.2, -0.15) is 0 Å². The largest absolute Gasteiger partial charge is 0.376 e. The Morgan fingerprint density at radius 3 is 2.93 bits per heavy atom. The van der Waals surface area contributed by atoms with Crippen molar-refractivity contribution in [3.05, 3.63) is 0 Å². The fourth-order valence-corrected chi connectivity index (χ4v) is 1.69. The molecule has 0 saturated carbocycles. The molecule has 1 heterocycles. The Hall–Kier alpha value is -0.610. The van der Waals surface area contributed by atoms with Crippen molar-refractivity contribution in [2.75, 3.05) is 26.2 Å². The zero-order chi connectivity index (χ0) is 11.3. The van der Waals surface area contributed by atoms with E-state index in [1.54, 1.807) is 4.90 Å². The SMILES string of the molecule is CC(C)CCOC1CCN(C(=O)CN)C1. The summed E-state index contributed by atoms with van der Waals surface area (Å²) in [4.78, 5) is 13.1. The molecule has 15 heavy (non-hydrogen) atoms. The Balaban J connectivity index is 2.16. The van der Waals surface area contributed by atoms with Crippen molar-refractivity contribution in [2.45, 2.75) is 32.8 Å². The lowest BCUT2D eigenvalue weighted by molar-refractivity contribution is -0.129. The van der Waals surface area contributed by atoms with Crippen molar-refractivity contribution < 1.29 is 9.53 Å². The van der Waals surface area contributed by atoms with E-state index in [0.717, 1.165) is 26.0 Å². The van der Waals surface area contributed by atoms with Crippen molar-refractivity contribution >= 4 is 5.91 Å². The van der Waals surface area contributed by atoms with Gasteiger partial charge in [-0.15, -0.1) is 0 Å². The van der Waals surface area contributed by atoms with E-state index in [-0.39, 0.29) is 18.6 Å². The maximum atomic E-state index is 11.3. The molecule has 0 bridgehead atoms. The number of ether oxygens (including phenoxy) is 1. The molecule has 1 saturated heterocycles. The van der Waals surface area contributed by atoms with Crippen molar-refractivity contribution in [1.82, 2.24) is 4.90 Å². The van der Waals surface area contributed by atoms with Gasteiger partial charge in [0.05, 0.1) is 12.6 Å². The summed E-state index contributed by atoms with van der Waals surface area (Å²) < 4.78 is 5.70. The third-order valence-corrected chi connectivity index (χ3v) is 2.72. The van der Waals surface area contributed by atoms with E-state index in [1.165, 1.54) is 0 Å². The normalized spacial score (nSPS) is 21.3. The van der Waals surface area contributed by atoms with Crippen LogP contribution in [-0.4, -0.2) is 43.2 Å². The van der Waals surface area contributed by atoms with Gasteiger partial charge in [0.2, 0.25) is 5.91 Å². The fraction of sp³-hybridized carbons (Fsp3) is 0.909. The highest BCUT2D eigenvalue weighted by atomic mass is 16.5. The Morgan fingerprint density at radius 2 is 2.33 bits per heavy atom. The Bertz CT molecular complexity index is 207. The van der Waals surface area contributed by atoms with Gasteiger partial charge in [-0.3, -0.25) is 4.79 Å². The second-order valence-corrected chi connectivity index (χ2v) is 4.51. The van der Waals surface area contributed by atoms with Crippen LogP contribution >= 0.6 is 0 Å². The number of nitrogens with two attached hydrogens (primary N) is 1. The Morgan fingerprint density at radius 1 is 1.60 bits per heavy atom. The maximum absolute atomic E-state index is 11.3. The summed E-state index contributed by atoms with van der Waals surface area (Å²) in [6.45, 7) is 6.78. The van der Waals surface area contributed by atoms with Gasteiger partial charge in [0, 0.05) is 19.7 Å². The molecule has 1 aliphatic rings. The lowest BCUT2D eigenvalue weighted by Crippen LogP contribution is -2.35. The second-order valence-electron chi connectivity index (χ2n) is 4.51. The molecule has 0 aromatic rings. The van der Waals surface area contributed by atoms with Crippen LogP contribution in [0.15, 0.2) is 0 Å². The molecule has 0 aromatic carbocycles.